The number of fused-ring (bicyclic) bond motifs is 1. The molecule has 1 aromatic heterocycles. The number of ether oxygens (including phenoxy) is 1. The molecule has 0 unspecified atom stereocenters. The van der Waals surface area contributed by atoms with Gasteiger partial charge in [-0.3, -0.25) is 4.79 Å². The van der Waals surface area contributed by atoms with Crippen molar-refractivity contribution in [2.24, 2.45) is 0 Å². The van der Waals surface area contributed by atoms with Gasteiger partial charge in [0, 0.05) is 11.1 Å². The van der Waals surface area contributed by atoms with Gasteiger partial charge in [-0.25, -0.2) is 0 Å². The molecule has 0 atom stereocenters. The first-order valence-corrected chi connectivity index (χ1v) is 6.74. The van der Waals surface area contributed by atoms with E-state index in [4.69, 9.17) is 4.74 Å². The monoisotopic (exact) mass is 269 g/mol. The van der Waals surface area contributed by atoms with E-state index in [-0.39, 0.29) is 5.56 Å². The molecule has 0 aliphatic rings. The van der Waals surface area contributed by atoms with Gasteiger partial charge < -0.3 is 9.72 Å². The highest BCUT2D eigenvalue weighted by Crippen LogP contribution is 2.21. The van der Waals surface area contributed by atoms with Crippen molar-refractivity contribution in [3.63, 3.8) is 0 Å². The summed E-state index contributed by atoms with van der Waals surface area (Å²) in [5.74, 6) is 0.750. The highest BCUT2D eigenvalue weighted by Gasteiger charge is 2.05. The van der Waals surface area contributed by atoms with Crippen LogP contribution in [0.2, 0.25) is 0 Å². The Bertz CT molecular complexity index is 723. The van der Waals surface area contributed by atoms with Crippen LogP contribution in [0.5, 0.6) is 5.75 Å². The van der Waals surface area contributed by atoms with Crippen LogP contribution in [0.25, 0.3) is 16.3 Å². The number of nitrogens with one attached hydrogen (secondary N) is 1. The number of pyridine rings is 1. The van der Waals surface area contributed by atoms with Crippen LogP contribution in [0, 0.1) is 0 Å². The lowest BCUT2D eigenvalue weighted by Gasteiger charge is -2.06. The Morgan fingerprint density at radius 2 is 2.15 bits per heavy atom. The molecule has 1 N–H and O–H groups in total. The molecule has 1 aromatic carbocycles. The van der Waals surface area contributed by atoms with Crippen molar-refractivity contribution >= 4 is 16.3 Å². The van der Waals surface area contributed by atoms with E-state index in [1.165, 1.54) is 0 Å². The SMILES string of the molecule is C/C=C(\C=C/CC)c1cc2cc(OC)ccc2c(=O)[nH]1. The van der Waals surface area contributed by atoms with Gasteiger partial charge in [0.1, 0.15) is 5.75 Å². The van der Waals surface area contributed by atoms with Crippen molar-refractivity contribution in [2.45, 2.75) is 20.3 Å². The predicted molar refractivity (Wildman–Crippen MR) is 84.2 cm³/mol. The molecule has 0 radical (unpaired) electrons. The average Bonchev–Trinajstić information content (AvgIpc) is 2.47. The first-order valence-electron chi connectivity index (χ1n) is 6.74. The Hall–Kier alpha value is -2.29. The fraction of sp³-hybridized carbons (Fsp3) is 0.235. The van der Waals surface area contributed by atoms with Crippen LogP contribution in [0.4, 0.5) is 0 Å². The minimum Gasteiger partial charge on any atom is -0.497 e. The number of allylic oxidation sites excluding steroid dienone is 4. The Morgan fingerprint density at radius 1 is 1.35 bits per heavy atom. The van der Waals surface area contributed by atoms with Crippen LogP contribution in [0.15, 0.2) is 47.3 Å². The van der Waals surface area contributed by atoms with Crippen LogP contribution in [-0.2, 0) is 0 Å². The number of aromatic amines is 1. The van der Waals surface area contributed by atoms with Crippen LogP contribution < -0.4 is 10.3 Å². The van der Waals surface area contributed by atoms with Crippen molar-refractivity contribution < 1.29 is 4.74 Å². The Kier molecular flexibility index (Phi) is 4.41. The molecule has 3 nitrogen and oxygen atoms in total. The van der Waals surface area contributed by atoms with Crippen molar-refractivity contribution in [2.75, 3.05) is 7.11 Å². The molecule has 0 saturated carbocycles. The van der Waals surface area contributed by atoms with Gasteiger partial charge in [0.05, 0.1) is 7.11 Å². The van der Waals surface area contributed by atoms with Crippen LogP contribution >= 0.6 is 0 Å². The van der Waals surface area contributed by atoms with E-state index < -0.39 is 0 Å². The molecule has 0 aliphatic heterocycles. The summed E-state index contributed by atoms with van der Waals surface area (Å²) >= 11 is 0. The summed E-state index contributed by atoms with van der Waals surface area (Å²) in [7, 11) is 1.62. The smallest absolute Gasteiger partial charge is 0.256 e. The van der Waals surface area contributed by atoms with Gasteiger partial charge in [0.2, 0.25) is 0 Å². The van der Waals surface area contributed by atoms with Crippen molar-refractivity contribution in [1.82, 2.24) is 4.98 Å². The summed E-state index contributed by atoms with van der Waals surface area (Å²) in [5.41, 5.74) is 1.75. The molecular weight excluding hydrogens is 250 g/mol. The van der Waals surface area contributed by atoms with Crippen molar-refractivity contribution in [3.8, 4) is 5.75 Å². The standard InChI is InChI=1S/C17H19NO2/c1-4-6-7-12(5-2)16-11-13-10-14(20-3)8-9-15(13)17(19)18-16/h5-11H,4H2,1-3H3,(H,18,19)/b7-6-,12-5+. The summed E-state index contributed by atoms with van der Waals surface area (Å²) in [4.78, 5) is 15.1. The number of benzene rings is 1. The second-order valence-electron chi connectivity index (χ2n) is 4.52. The third kappa shape index (κ3) is 2.82. The summed E-state index contributed by atoms with van der Waals surface area (Å²) in [6.07, 6.45) is 7.05. The highest BCUT2D eigenvalue weighted by atomic mass is 16.5. The van der Waals surface area contributed by atoms with Crippen molar-refractivity contribution in [1.29, 1.82) is 0 Å². The first-order chi connectivity index (χ1) is 9.69. The fourth-order valence-electron chi connectivity index (χ4n) is 2.12. The number of rotatable bonds is 4. The van der Waals surface area contributed by atoms with E-state index in [9.17, 15) is 4.79 Å². The van der Waals surface area contributed by atoms with E-state index in [0.29, 0.717) is 5.39 Å². The predicted octanol–water partition coefficient (Wildman–Crippen LogP) is 3.91. The van der Waals surface area contributed by atoms with Gasteiger partial charge >= 0.3 is 0 Å². The van der Waals surface area contributed by atoms with E-state index in [1.807, 2.05) is 31.2 Å². The zero-order valence-electron chi connectivity index (χ0n) is 12.1. The maximum Gasteiger partial charge on any atom is 0.256 e. The van der Waals surface area contributed by atoms with Crippen LogP contribution in [-0.4, -0.2) is 12.1 Å². The Balaban J connectivity index is 2.61. The number of methoxy groups -OCH3 is 1. The zero-order chi connectivity index (χ0) is 14.5. The third-order valence-electron chi connectivity index (χ3n) is 3.21. The second-order valence-corrected chi connectivity index (χ2v) is 4.52. The second kappa shape index (κ2) is 6.24. The third-order valence-corrected chi connectivity index (χ3v) is 3.21. The number of hydrogen-bond donors (Lipinski definition) is 1. The summed E-state index contributed by atoms with van der Waals surface area (Å²) < 4.78 is 5.21. The van der Waals surface area contributed by atoms with Crippen LogP contribution in [0.1, 0.15) is 26.0 Å². The highest BCUT2D eigenvalue weighted by molar-refractivity contribution is 5.86. The maximum atomic E-state index is 12.1. The molecule has 0 amide bonds. The van der Waals surface area contributed by atoms with Crippen molar-refractivity contribution in [3.05, 3.63) is 58.5 Å². The van der Waals surface area contributed by atoms with Gasteiger partial charge in [-0.1, -0.05) is 25.2 Å². The molecular formula is C17H19NO2. The van der Waals surface area contributed by atoms with E-state index in [2.05, 4.69) is 18.0 Å². The minimum atomic E-state index is -0.0793. The number of H-pyrrole nitrogens is 1. The molecule has 2 aromatic rings. The maximum absolute atomic E-state index is 12.1. The van der Waals surface area contributed by atoms with E-state index in [0.717, 1.165) is 28.8 Å². The number of hydrogen-bond acceptors (Lipinski definition) is 2. The molecule has 0 saturated heterocycles. The Labute approximate surface area is 118 Å². The molecule has 0 spiro atoms. The molecule has 2 rings (SSSR count). The quantitative estimate of drug-likeness (QED) is 0.855. The first kappa shape index (κ1) is 14.1. The Morgan fingerprint density at radius 3 is 2.80 bits per heavy atom. The molecule has 104 valence electrons. The molecule has 1 heterocycles. The van der Waals surface area contributed by atoms with Gasteiger partial charge in [-0.05, 0) is 48.6 Å². The lowest BCUT2D eigenvalue weighted by molar-refractivity contribution is 0.415. The van der Waals surface area contributed by atoms with Gasteiger partial charge in [-0.2, -0.15) is 0 Å². The molecule has 0 fully saturated rings. The molecule has 20 heavy (non-hydrogen) atoms. The zero-order valence-corrected chi connectivity index (χ0v) is 12.1. The van der Waals surface area contributed by atoms with E-state index >= 15 is 0 Å². The topological polar surface area (TPSA) is 42.1 Å². The van der Waals surface area contributed by atoms with Gasteiger partial charge in [0.15, 0.2) is 0 Å². The summed E-state index contributed by atoms with van der Waals surface area (Å²) in [6, 6.07) is 7.44. The van der Waals surface area contributed by atoms with Gasteiger partial charge in [-0.15, -0.1) is 0 Å². The van der Waals surface area contributed by atoms with E-state index in [1.54, 1.807) is 19.2 Å². The lowest BCUT2D eigenvalue weighted by atomic mass is 10.1. The normalized spacial score (nSPS) is 12.2. The minimum absolute atomic E-state index is 0.0793. The fourth-order valence-corrected chi connectivity index (χ4v) is 2.12. The molecule has 0 aliphatic carbocycles. The summed E-state index contributed by atoms with van der Waals surface area (Å²) in [5, 5.41) is 1.55. The van der Waals surface area contributed by atoms with Crippen LogP contribution in [0.3, 0.4) is 0 Å². The average molecular weight is 269 g/mol. The summed E-state index contributed by atoms with van der Waals surface area (Å²) in [6.45, 7) is 4.04. The molecule has 0 bridgehead atoms. The molecule has 3 heteroatoms. The largest absolute Gasteiger partial charge is 0.497 e. The number of aromatic nitrogens is 1. The lowest BCUT2D eigenvalue weighted by Crippen LogP contribution is -2.08. The van der Waals surface area contributed by atoms with Gasteiger partial charge in [0.25, 0.3) is 5.56 Å².